The van der Waals surface area contributed by atoms with Gasteiger partial charge in [0.05, 0.1) is 0 Å². The monoisotopic (exact) mass is 255 g/mol. The maximum absolute atomic E-state index is 5.16. The molecular weight excluding hydrogens is 222 g/mol. The fourth-order valence-corrected chi connectivity index (χ4v) is 3.08. The highest BCUT2D eigenvalue weighted by molar-refractivity contribution is 4.72. The molecule has 0 spiro atoms. The van der Waals surface area contributed by atoms with Gasteiger partial charge < -0.3 is 10.1 Å². The van der Waals surface area contributed by atoms with Crippen molar-refractivity contribution in [2.45, 2.75) is 77.2 Å². The fraction of sp³-hybridized carbons (Fsp3) is 1.00. The molecule has 0 heterocycles. The molecule has 2 nitrogen and oxygen atoms in total. The minimum Gasteiger partial charge on any atom is -0.385 e. The van der Waals surface area contributed by atoms with Crippen LogP contribution in [0.25, 0.3) is 0 Å². The zero-order valence-electron chi connectivity index (χ0n) is 12.5. The van der Waals surface area contributed by atoms with Crippen molar-refractivity contribution < 1.29 is 4.74 Å². The van der Waals surface area contributed by atoms with Crippen LogP contribution in [0.5, 0.6) is 0 Å². The average molecular weight is 255 g/mol. The smallest absolute Gasteiger partial charge is 0.0462 e. The highest BCUT2D eigenvalue weighted by Gasteiger charge is 2.15. The van der Waals surface area contributed by atoms with E-state index in [2.05, 4.69) is 12.2 Å². The summed E-state index contributed by atoms with van der Waals surface area (Å²) in [6, 6.07) is 0.724. The van der Waals surface area contributed by atoms with E-state index in [0.717, 1.165) is 18.6 Å². The van der Waals surface area contributed by atoms with Crippen molar-refractivity contribution in [1.82, 2.24) is 5.32 Å². The molecule has 2 heteroatoms. The van der Waals surface area contributed by atoms with Crippen LogP contribution in [-0.2, 0) is 4.74 Å². The van der Waals surface area contributed by atoms with E-state index in [-0.39, 0.29) is 0 Å². The Kier molecular flexibility index (Phi) is 9.59. The molecule has 1 fully saturated rings. The maximum atomic E-state index is 5.16. The topological polar surface area (TPSA) is 21.3 Å². The molecule has 0 amide bonds. The van der Waals surface area contributed by atoms with Gasteiger partial charge in [0, 0.05) is 19.8 Å². The first-order valence-corrected chi connectivity index (χ1v) is 8.09. The molecule has 0 bridgehead atoms. The van der Waals surface area contributed by atoms with Crippen molar-refractivity contribution in [3.05, 3.63) is 0 Å². The molecule has 1 saturated carbocycles. The van der Waals surface area contributed by atoms with Gasteiger partial charge in [-0.1, -0.05) is 39.0 Å². The summed E-state index contributed by atoms with van der Waals surface area (Å²) in [6.45, 7) is 4.33. The van der Waals surface area contributed by atoms with Gasteiger partial charge in [-0.3, -0.25) is 0 Å². The summed E-state index contributed by atoms with van der Waals surface area (Å²) in [6.07, 6.45) is 13.9. The van der Waals surface area contributed by atoms with Gasteiger partial charge in [0.15, 0.2) is 0 Å². The van der Waals surface area contributed by atoms with Gasteiger partial charge in [0.2, 0.25) is 0 Å². The highest BCUT2D eigenvalue weighted by Crippen LogP contribution is 2.28. The van der Waals surface area contributed by atoms with E-state index in [0.29, 0.717) is 0 Å². The summed E-state index contributed by atoms with van der Waals surface area (Å²) in [5, 5.41) is 3.71. The highest BCUT2D eigenvalue weighted by atomic mass is 16.5. The Bertz CT molecular complexity index is 178. The SMILES string of the molecule is CCCNC(CCCOC)CCC1CCCCC1. The third kappa shape index (κ3) is 7.38. The molecule has 0 aromatic heterocycles. The van der Waals surface area contributed by atoms with E-state index >= 15 is 0 Å². The molecule has 108 valence electrons. The molecule has 1 atom stereocenters. The fourth-order valence-electron chi connectivity index (χ4n) is 3.08. The van der Waals surface area contributed by atoms with Crippen molar-refractivity contribution in [2.75, 3.05) is 20.3 Å². The molecule has 1 unspecified atom stereocenters. The first-order chi connectivity index (χ1) is 8.86. The number of nitrogens with one attached hydrogen (secondary N) is 1. The van der Waals surface area contributed by atoms with Gasteiger partial charge >= 0.3 is 0 Å². The van der Waals surface area contributed by atoms with E-state index in [9.17, 15) is 0 Å². The molecule has 18 heavy (non-hydrogen) atoms. The van der Waals surface area contributed by atoms with Gasteiger partial charge in [0.25, 0.3) is 0 Å². The van der Waals surface area contributed by atoms with E-state index in [4.69, 9.17) is 4.74 Å². The second kappa shape index (κ2) is 10.8. The Labute approximate surface area is 114 Å². The molecule has 1 aliphatic rings. The Hall–Kier alpha value is -0.0800. The zero-order chi connectivity index (χ0) is 13.1. The lowest BCUT2D eigenvalue weighted by Gasteiger charge is -2.25. The van der Waals surface area contributed by atoms with Crippen molar-refractivity contribution >= 4 is 0 Å². The van der Waals surface area contributed by atoms with Crippen molar-refractivity contribution in [2.24, 2.45) is 5.92 Å². The minimum absolute atomic E-state index is 0.724. The van der Waals surface area contributed by atoms with Crippen LogP contribution in [0.1, 0.15) is 71.1 Å². The summed E-state index contributed by atoms with van der Waals surface area (Å²) >= 11 is 0. The predicted octanol–water partition coefficient (Wildman–Crippen LogP) is 4.14. The molecule has 0 radical (unpaired) electrons. The van der Waals surface area contributed by atoms with Gasteiger partial charge in [-0.05, 0) is 44.6 Å². The van der Waals surface area contributed by atoms with Gasteiger partial charge in [0.1, 0.15) is 0 Å². The standard InChI is InChI=1S/C16H33NO/c1-3-13-17-16(10-7-14-18-2)12-11-15-8-5-4-6-9-15/h15-17H,3-14H2,1-2H3. The van der Waals surface area contributed by atoms with Gasteiger partial charge in [-0.2, -0.15) is 0 Å². The van der Waals surface area contributed by atoms with Crippen molar-refractivity contribution in [3.8, 4) is 0 Å². The summed E-state index contributed by atoms with van der Waals surface area (Å²) in [5.41, 5.74) is 0. The van der Waals surface area contributed by atoms with Crippen LogP contribution < -0.4 is 5.32 Å². The number of hydrogen-bond acceptors (Lipinski definition) is 2. The van der Waals surface area contributed by atoms with E-state index in [1.54, 1.807) is 7.11 Å². The molecule has 1 aliphatic carbocycles. The molecular formula is C16H33NO. The Morgan fingerprint density at radius 1 is 1.17 bits per heavy atom. The number of hydrogen-bond donors (Lipinski definition) is 1. The molecule has 1 N–H and O–H groups in total. The summed E-state index contributed by atoms with van der Waals surface area (Å²) in [4.78, 5) is 0. The lowest BCUT2D eigenvalue weighted by Crippen LogP contribution is -2.30. The van der Waals surface area contributed by atoms with Gasteiger partial charge in [-0.15, -0.1) is 0 Å². The summed E-state index contributed by atoms with van der Waals surface area (Å²) in [5.74, 6) is 1.02. The molecule has 0 aromatic carbocycles. The van der Waals surface area contributed by atoms with Crippen molar-refractivity contribution in [3.63, 3.8) is 0 Å². The average Bonchev–Trinajstić information content (AvgIpc) is 2.42. The van der Waals surface area contributed by atoms with Crippen LogP contribution in [0.15, 0.2) is 0 Å². The van der Waals surface area contributed by atoms with Crippen LogP contribution in [0, 0.1) is 5.92 Å². The van der Waals surface area contributed by atoms with Crippen LogP contribution in [0.3, 0.4) is 0 Å². The minimum atomic E-state index is 0.724. The molecule has 0 aliphatic heterocycles. The normalized spacial score (nSPS) is 19.0. The molecule has 0 aromatic rings. The zero-order valence-corrected chi connectivity index (χ0v) is 12.5. The van der Waals surface area contributed by atoms with Crippen LogP contribution in [0.2, 0.25) is 0 Å². The van der Waals surface area contributed by atoms with E-state index in [1.807, 2.05) is 0 Å². The summed E-state index contributed by atoms with van der Waals surface area (Å²) < 4.78 is 5.16. The Morgan fingerprint density at radius 3 is 2.61 bits per heavy atom. The van der Waals surface area contributed by atoms with Gasteiger partial charge in [-0.25, -0.2) is 0 Å². The second-order valence-corrected chi connectivity index (χ2v) is 5.87. The number of ether oxygens (including phenoxy) is 1. The summed E-state index contributed by atoms with van der Waals surface area (Å²) in [7, 11) is 1.80. The number of methoxy groups -OCH3 is 1. The predicted molar refractivity (Wildman–Crippen MR) is 79.0 cm³/mol. The maximum Gasteiger partial charge on any atom is 0.0462 e. The van der Waals surface area contributed by atoms with E-state index < -0.39 is 0 Å². The first kappa shape index (κ1) is 16.0. The molecule has 1 rings (SSSR count). The second-order valence-electron chi connectivity index (χ2n) is 5.87. The van der Waals surface area contributed by atoms with E-state index in [1.165, 1.54) is 70.8 Å². The van der Waals surface area contributed by atoms with Crippen LogP contribution in [-0.4, -0.2) is 26.3 Å². The molecule has 0 saturated heterocycles. The lowest BCUT2D eigenvalue weighted by atomic mass is 9.85. The van der Waals surface area contributed by atoms with Crippen LogP contribution >= 0.6 is 0 Å². The third-order valence-corrected chi connectivity index (χ3v) is 4.23. The first-order valence-electron chi connectivity index (χ1n) is 8.09. The van der Waals surface area contributed by atoms with Crippen LogP contribution in [0.4, 0.5) is 0 Å². The lowest BCUT2D eigenvalue weighted by molar-refractivity contribution is 0.187. The Balaban J connectivity index is 2.16. The quantitative estimate of drug-likeness (QED) is 0.592. The van der Waals surface area contributed by atoms with Crippen molar-refractivity contribution in [1.29, 1.82) is 0 Å². The third-order valence-electron chi connectivity index (χ3n) is 4.23. The Morgan fingerprint density at radius 2 is 1.94 bits per heavy atom. The largest absolute Gasteiger partial charge is 0.385 e. The number of rotatable bonds is 10.